The number of nitrogens with zero attached hydrogens (tertiary/aromatic N) is 1. The molecular weight excluding hydrogens is 330 g/mol. The van der Waals surface area contributed by atoms with Crippen LogP contribution in [0.2, 0.25) is 5.02 Å². The lowest BCUT2D eigenvalue weighted by atomic mass is 10.0. The number of hydrogen-bond acceptors (Lipinski definition) is 4. The number of nitrogen functional groups attached to an aromatic ring is 1. The molecule has 6 heteroatoms. The number of pyridine rings is 1. The van der Waals surface area contributed by atoms with Crippen molar-refractivity contribution in [3.05, 3.63) is 63.4 Å². The second-order valence-electron chi connectivity index (χ2n) is 5.04. The minimum atomic E-state index is -0.168. The highest BCUT2D eigenvalue weighted by Crippen LogP contribution is 2.31. The SMILES string of the molecule is Cc1c(-c2cc(N)cc(Cl)c2)ccnc1NC(=O)c1cccs1. The molecule has 0 saturated heterocycles. The van der Waals surface area contributed by atoms with Gasteiger partial charge in [-0.05, 0) is 59.3 Å². The van der Waals surface area contributed by atoms with Gasteiger partial charge in [-0.2, -0.15) is 0 Å². The monoisotopic (exact) mass is 343 g/mol. The van der Waals surface area contributed by atoms with Crippen LogP contribution in [0.5, 0.6) is 0 Å². The number of hydrogen-bond donors (Lipinski definition) is 2. The Bertz CT molecular complexity index is 842. The highest BCUT2D eigenvalue weighted by Gasteiger charge is 2.13. The number of amides is 1. The van der Waals surface area contributed by atoms with Gasteiger partial charge in [-0.25, -0.2) is 4.98 Å². The zero-order valence-electron chi connectivity index (χ0n) is 12.3. The first-order chi connectivity index (χ1) is 11.0. The standard InChI is InChI=1S/C17H14ClN3OS/c1-10-14(11-7-12(18)9-13(19)8-11)4-5-20-16(10)21-17(22)15-3-2-6-23-15/h2-9H,19H2,1H3,(H,20,21,22). The molecule has 0 spiro atoms. The molecule has 4 nitrogen and oxygen atoms in total. The van der Waals surface area contributed by atoms with E-state index in [-0.39, 0.29) is 5.91 Å². The first kappa shape index (κ1) is 15.5. The van der Waals surface area contributed by atoms with Crippen LogP contribution in [0, 0.1) is 6.92 Å². The molecule has 1 amide bonds. The Kier molecular flexibility index (Phi) is 4.32. The van der Waals surface area contributed by atoms with Crippen LogP contribution in [0.1, 0.15) is 15.2 Å². The molecule has 1 aromatic carbocycles. The molecule has 2 aromatic heterocycles. The molecule has 2 heterocycles. The lowest BCUT2D eigenvalue weighted by molar-refractivity contribution is 0.103. The molecule has 0 fully saturated rings. The fourth-order valence-corrected chi connectivity index (χ4v) is 3.18. The quantitative estimate of drug-likeness (QED) is 0.682. The third-order valence-corrected chi connectivity index (χ3v) is 4.50. The summed E-state index contributed by atoms with van der Waals surface area (Å²) in [6.45, 7) is 1.91. The number of thiophene rings is 1. The Morgan fingerprint density at radius 2 is 2.13 bits per heavy atom. The van der Waals surface area contributed by atoms with Gasteiger partial charge in [0.1, 0.15) is 5.82 Å². The molecule has 0 aliphatic heterocycles. The molecule has 116 valence electrons. The molecule has 3 N–H and O–H groups in total. The average molecular weight is 344 g/mol. The summed E-state index contributed by atoms with van der Waals surface area (Å²) in [5.41, 5.74) is 9.13. The van der Waals surface area contributed by atoms with Crippen molar-refractivity contribution in [2.24, 2.45) is 0 Å². The lowest BCUT2D eigenvalue weighted by Gasteiger charge is -2.12. The molecule has 3 rings (SSSR count). The summed E-state index contributed by atoms with van der Waals surface area (Å²) >= 11 is 7.47. The molecule has 0 radical (unpaired) electrons. The second kappa shape index (κ2) is 6.40. The van der Waals surface area contributed by atoms with E-state index in [0.717, 1.165) is 16.7 Å². The van der Waals surface area contributed by atoms with Crippen LogP contribution in [0.4, 0.5) is 11.5 Å². The van der Waals surface area contributed by atoms with Gasteiger partial charge in [0.05, 0.1) is 4.88 Å². The maximum Gasteiger partial charge on any atom is 0.266 e. The largest absolute Gasteiger partial charge is 0.399 e. The predicted molar refractivity (Wildman–Crippen MR) is 96.1 cm³/mol. The molecular formula is C17H14ClN3OS. The van der Waals surface area contributed by atoms with Gasteiger partial charge < -0.3 is 11.1 Å². The van der Waals surface area contributed by atoms with E-state index in [4.69, 9.17) is 17.3 Å². The summed E-state index contributed by atoms with van der Waals surface area (Å²) in [6, 6.07) is 10.9. The topological polar surface area (TPSA) is 68.0 Å². The van der Waals surface area contributed by atoms with Gasteiger partial charge in [0, 0.05) is 16.9 Å². The average Bonchev–Trinajstić information content (AvgIpc) is 3.02. The van der Waals surface area contributed by atoms with Crippen LogP contribution >= 0.6 is 22.9 Å². The molecule has 0 aliphatic carbocycles. The minimum absolute atomic E-state index is 0.168. The first-order valence-electron chi connectivity index (χ1n) is 6.91. The smallest absolute Gasteiger partial charge is 0.266 e. The van der Waals surface area contributed by atoms with Crippen LogP contribution < -0.4 is 11.1 Å². The highest BCUT2D eigenvalue weighted by molar-refractivity contribution is 7.12. The fraction of sp³-hybridized carbons (Fsp3) is 0.0588. The molecule has 0 saturated carbocycles. The van der Waals surface area contributed by atoms with E-state index in [9.17, 15) is 4.79 Å². The number of carbonyl (C=O) groups excluding carboxylic acids is 1. The zero-order chi connectivity index (χ0) is 16.4. The van der Waals surface area contributed by atoms with Crippen molar-refractivity contribution >= 4 is 40.4 Å². The lowest BCUT2D eigenvalue weighted by Crippen LogP contribution is -2.12. The van der Waals surface area contributed by atoms with Crippen LogP contribution in [0.3, 0.4) is 0 Å². The maximum absolute atomic E-state index is 12.2. The minimum Gasteiger partial charge on any atom is -0.399 e. The van der Waals surface area contributed by atoms with E-state index >= 15 is 0 Å². The first-order valence-corrected chi connectivity index (χ1v) is 8.17. The summed E-state index contributed by atoms with van der Waals surface area (Å²) < 4.78 is 0. The fourth-order valence-electron chi connectivity index (χ4n) is 2.32. The van der Waals surface area contributed by atoms with Gasteiger partial charge in [-0.15, -0.1) is 11.3 Å². The Labute approximate surface area is 142 Å². The van der Waals surface area contributed by atoms with Crippen molar-refractivity contribution in [2.45, 2.75) is 6.92 Å². The molecule has 3 aromatic rings. The van der Waals surface area contributed by atoms with Crippen molar-refractivity contribution in [3.8, 4) is 11.1 Å². The highest BCUT2D eigenvalue weighted by atomic mass is 35.5. The normalized spacial score (nSPS) is 10.5. The molecule has 0 bridgehead atoms. The number of nitrogens with two attached hydrogens (primary N) is 1. The Morgan fingerprint density at radius 1 is 1.30 bits per heavy atom. The Morgan fingerprint density at radius 3 is 2.83 bits per heavy atom. The van der Waals surface area contributed by atoms with Crippen molar-refractivity contribution < 1.29 is 4.79 Å². The number of halogens is 1. The Hall–Kier alpha value is -2.37. The number of aromatic nitrogens is 1. The van der Waals surface area contributed by atoms with Crippen molar-refractivity contribution in [2.75, 3.05) is 11.1 Å². The van der Waals surface area contributed by atoms with Crippen molar-refractivity contribution in [1.29, 1.82) is 0 Å². The van der Waals surface area contributed by atoms with E-state index in [0.29, 0.717) is 21.4 Å². The number of nitrogens with one attached hydrogen (secondary N) is 1. The van der Waals surface area contributed by atoms with Gasteiger partial charge in [0.15, 0.2) is 0 Å². The van der Waals surface area contributed by atoms with Crippen molar-refractivity contribution in [3.63, 3.8) is 0 Å². The van der Waals surface area contributed by atoms with E-state index in [1.54, 1.807) is 18.3 Å². The number of benzene rings is 1. The Balaban J connectivity index is 1.97. The number of carbonyl (C=O) groups is 1. The van der Waals surface area contributed by atoms with Crippen LogP contribution in [0.25, 0.3) is 11.1 Å². The van der Waals surface area contributed by atoms with Gasteiger partial charge in [-0.3, -0.25) is 4.79 Å². The molecule has 23 heavy (non-hydrogen) atoms. The second-order valence-corrected chi connectivity index (χ2v) is 6.42. The number of rotatable bonds is 3. The van der Waals surface area contributed by atoms with Crippen LogP contribution in [-0.4, -0.2) is 10.9 Å². The summed E-state index contributed by atoms with van der Waals surface area (Å²) in [5.74, 6) is 0.359. The predicted octanol–water partition coefficient (Wildman–Crippen LogP) is 4.61. The third kappa shape index (κ3) is 3.36. The summed E-state index contributed by atoms with van der Waals surface area (Å²) in [7, 11) is 0. The van der Waals surface area contributed by atoms with E-state index in [1.807, 2.05) is 36.6 Å². The summed E-state index contributed by atoms with van der Waals surface area (Å²) in [5, 5.41) is 5.28. The van der Waals surface area contributed by atoms with Crippen LogP contribution in [-0.2, 0) is 0 Å². The zero-order valence-corrected chi connectivity index (χ0v) is 13.9. The van der Waals surface area contributed by atoms with Crippen molar-refractivity contribution in [1.82, 2.24) is 4.98 Å². The van der Waals surface area contributed by atoms with E-state index in [2.05, 4.69) is 10.3 Å². The van der Waals surface area contributed by atoms with E-state index < -0.39 is 0 Å². The van der Waals surface area contributed by atoms with Gasteiger partial charge >= 0.3 is 0 Å². The third-order valence-electron chi connectivity index (χ3n) is 3.41. The summed E-state index contributed by atoms with van der Waals surface area (Å²) in [6.07, 6.45) is 1.66. The number of anilines is 2. The van der Waals surface area contributed by atoms with Gasteiger partial charge in [0.2, 0.25) is 0 Å². The maximum atomic E-state index is 12.2. The van der Waals surface area contributed by atoms with Crippen LogP contribution in [0.15, 0.2) is 48.0 Å². The molecule has 0 atom stereocenters. The molecule has 0 aliphatic rings. The van der Waals surface area contributed by atoms with Gasteiger partial charge in [0.25, 0.3) is 5.91 Å². The molecule has 0 unspecified atom stereocenters. The van der Waals surface area contributed by atoms with Gasteiger partial charge in [-0.1, -0.05) is 17.7 Å². The van der Waals surface area contributed by atoms with E-state index in [1.165, 1.54) is 11.3 Å². The summed E-state index contributed by atoms with van der Waals surface area (Å²) in [4.78, 5) is 17.1.